The highest BCUT2D eigenvalue weighted by molar-refractivity contribution is 6.32. The Balaban J connectivity index is 2.33. The molecule has 1 fully saturated rings. The summed E-state index contributed by atoms with van der Waals surface area (Å²) in [7, 11) is 2.03. The zero-order valence-corrected chi connectivity index (χ0v) is 6.67. The third kappa shape index (κ3) is 1.16. The van der Waals surface area contributed by atoms with E-state index in [1.807, 2.05) is 20.1 Å². The summed E-state index contributed by atoms with van der Waals surface area (Å²) in [5, 5.41) is 0. The van der Waals surface area contributed by atoms with Gasteiger partial charge in [0.15, 0.2) is 0 Å². The first-order chi connectivity index (χ1) is 5.21. The van der Waals surface area contributed by atoms with Crippen LogP contribution in [0.2, 0.25) is 0 Å². The van der Waals surface area contributed by atoms with Gasteiger partial charge in [-0.05, 0) is 18.9 Å². The number of hydrogen-bond donors (Lipinski definition) is 1. The lowest BCUT2D eigenvalue weighted by atomic mass is 9.98. The first kappa shape index (κ1) is 6.86. The van der Waals surface area contributed by atoms with Crippen molar-refractivity contribution in [3.05, 3.63) is 24.0 Å². The van der Waals surface area contributed by atoms with Crippen molar-refractivity contribution in [3.8, 4) is 0 Å². The van der Waals surface area contributed by atoms with E-state index >= 15 is 0 Å². The van der Waals surface area contributed by atoms with Gasteiger partial charge in [0, 0.05) is 6.20 Å². The normalized spacial score (nSPS) is 19.7. The molecule has 1 aliphatic rings. The number of rotatable bonds is 1. The summed E-state index contributed by atoms with van der Waals surface area (Å²) in [4.78, 5) is 4.29. The summed E-state index contributed by atoms with van der Waals surface area (Å²) < 4.78 is 0. The molecular formula is C8H11BN2. The van der Waals surface area contributed by atoms with E-state index in [4.69, 9.17) is 5.73 Å². The Hall–Kier alpha value is -0.825. The third-order valence-electron chi connectivity index (χ3n) is 2.21. The predicted molar refractivity (Wildman–Crippen MR) is 47.5 cm³/mol. The smallest absolute Gasteiger partial charge is 0.141 e. The van der Waals surface area contributed by atoms with Gasteiger partial charge in [0.05, 0.1) is 11.2 Å². The van der Waals surface area contributed by atoms with Crippen LogP contribution in [-0.4, -0.2) is 12.8 Å². The van der Waals surface area contributed by atoms with Crippen molar-refractivity contribution in [2.45, 2.75) is 18.4 Å². The molecule has 0 saturated heterocycles. The van der Waals surface area contributed by atoms with Crippen molar-refractivity contribution in [1.29, 1.82) is 0 Å². The Morgan fingerprint density at radius 3 is 2.64 bits per heavy atom. The molecule has 0 aromatic carbocycles. The molecular weight excluding hydrogens is 135 g/mol. The molecule has 1 aromatic rings. The topological polar surface area (TPSA) is 38.9 Å². The number of pyridine rings is 1. The molecule has 2 N–H and O–H groups in total. The van der Waals surface area contributed by atoms with E-state index in [1.54, 1.807) is 0 Å². The summed E-state index contributed by atoms with van der Waals surface area (Å²) in [5.74, 6) is 0. The molecule has 1 heterocycles. The summed E-state index contributed by atoms with van der Waals surface area (Å²) in [6.45, 7) is 0. The Labute approximate surface area is 67.2 Å². The second-order valence-electron chi connectivity index (χ2n) is 3.38. The lowest BCUT2D eigenvalue weighted by Crippen LogP contribution is -2.21. The molecule has 2 nitrogen and oxygen atoms in total. The second kappa shape index (κ2) is 2.08. The lowest BCUT2D eigenvalue weighted by Gasteiger charge is -2.06. The number of hydrogen-bond acceptors (Lipinski definition) is 2. The van der Waals surface area contributed by atoms with Gasteiger partial charge in [-0.25, -0.2) is 0 Å². The van der Waals surface area contributed by atoms with Crippen LogP contribution in [0.1, 0.15) is 18.5 Å². The third-order valence-corrected chi connectivity index (χ3v) is 2.21. The maximum absolute atomic E-state index is 5.96. The molecule has 2 rings (SSSR count). The summed E-state index contributed by atoms with van der Waals surface area (Å²) >= 11 is 0. The Bertz CT molecular complexity index is 264. The minimum Gasteiger partial charge on any atom is -0.320 e. The van der Waals surface area contributed by atoms with Crippen LogP contribution in [-0.2, 0) is 5.54 Å². The van der Waals surface area contributed by atoms with Crippen LogP contribution in [0.25, 0.3) is 0 Å². The number of aromatic nitrogens is 1. The second-order valence-corrected chi connectivity index (χ2v) is 3.38. The van der Waals surface area contributed by atoms with Gasteiger partial charge >= 0.3 is 0 Å². The fraction of sp³-hybridized carbons (Fsp3) is 0.375. The molecule has 3 heteroatoms. The Morgan fingerprint density at radius 2 is 2.18 bits per heavy atom. The average molecular weight is 146 g/mol. The highest BCUT2D eigenvalue weighted by Gasteiger charge is 2.41. The van der Waals surface area contributed by atoms with Crippen LogP contribution in [0.4, 0.5) is 0 Å². The number of nitrogens with two attached hydrogens (primary N) is 1. The van der Waals surface area contributed by atoms with Crippen molar-refractivity contribution < 1.29 is 0 Å². The SMILES string of the molecule is Bc1ccc(C2(N)CC2)nc1. The van der Waals surface area contributed by atoms with Crippen molar-refractivity contribution in [2.24, 2.45) is 5.73 Å². The van der Waals surface area contributed by atoms with E-state index in [-0.39, 0.29) is 5.54 Å². The van der Waals surface area contributed by atoms with Gasteiger partial charge in [0.1, 0.15) is 7.85 Å². The lowest BCUT2D eigenvalue weighted by molar-refractivity contribution is 0.709. The molecule has 11 heavy (non-hydrogen) atoms. The Morgan fingerprint density at radius 1 is 1.45 bits per heavy atom. The molecule has 0 aliphatic heterocycles. The van der Waals surface area contributed by atoms with Gasteiger partial charge in [0.25, 0.3) is 0 Å². The van der Waals surface area contributed by atoms with Crippen LogP contribution in [0.3, 0.4) is 0 Å². The summed E-state index contributed by atoms with van der Waals surface area (Å²) in [6, 6.07) is 4.09. The van der Waals surface area contributed by atoms with Crippen LogP contribution < -0.4 is 11.2 Å². The van der Waals surface area contributed by atoms with Gasteiger partial charge < -0.3 is 5.73 Å². The zero-order valence-electron chi connectivity index (χ0n) is 6.67. The van der Waals surface area contributed by atoms with Gasteiger partial charge in [-0.1, -0.05) is 11.5 Å². The van der Waals surface area contributed by atoms with E-state index < -0.39 is 0 Å². The maximum Gasteiger partial charge on any atom is 0.141 e. The largest absolute Gasteiger partial charge is 0.320 e. The fourth-order valence-corrected chi connectivity index (χ4v) is 1.15. The molecule has 0 spiro atoms. The van der Waals surface area contributed by atoms with Gasteiger partial charge in [0.2, 0.25) is 0 Å². The van der Waals surface area contributed by atoms with Crippen LogP contribution in [0.5, 0.6) is 0 Å². The monoisotopic (exact) mass is 146 g/mol. The summed E-state index contributed by atoms with van der Waals surface area (Å²) in [6.07, 6.45) is 4.05. The molecule has 1 aromatic heterocycles. The number of nitrogens with zero attached hydrogens (tertiary/aromatic N) is 1. The molecule has 0 atom stereocenters. The molecule has 0 bridgehead atoms. The molecule has 1 aliphatic carbocycles. The van der Waals surface area contributed by atoms with E-state index in [2.05, 4.69) is 11.1 Å². The molecule has 0 unspecified atom stereocenters. The van der Waals surface area contributed by atoms with E-state index in [0.717, 1.165) is 18.5 Å². The van der Waals surface area contributed by atoms with Gasteiger partial charge in [-0.3, -0.25) is 4.98 Å². The minimum atomic E-state index is -0.0757. The van der Waals surface area contributed by atoms with Crippen LogP contribution in [0, 0.1) is 0 Å². The predicted octanol–water partition coefficient (Wildman–Crippen LogP) is -0.712. The van der Waals surface area contributed by atoms with Crippen molar-refractivity contribution in [1.82, 2.24) is 4.98 Å². The highest BCUT2D eigenvalue weighted by atomic mass is 14.9. The highest BCUT2D eigenvalue weighted by Crippen LogP contribution is 2.40. The molecule has 0 radical (unpaired) electrons. The van der Waals surface area contributed by atoms with Crippen molar-refractivity contribution in [2.75, 3.05) is 0 Å². The van der Waals surface area contributed by atoms with E-state index in [0.29, 0.717) is 0 Å². The first-order valence-corrected chi connectivity index (χ1v) is 3.93. The minimum absolute atomic E-state index is 0.0757. The average Bonchev–Trinajstić information content (AvgIpc) is 2.70. The zero-order chi connectivity index (χ0) is 7.90. The van der Waals surface area contributed by atoms with E-state index in [1.165, 1.54) is 5.46 Å². The van der Waals surface area contributed by atoms with Gasteiger partial charge in [-0.15, -0.1) is 0 Å². The Kier molecular flexibility index (Phi) is 1.30. The van der Waals surface area contributed by atoms with E-state index in [9.17, 15) is 0 Å². The van der Waals surface area contributed by atoms with Crippen LogP contribution in [0.15, 0.2) is 18.3 Å². The van der Waals surface area contributed by atoms with Crippen LogP contribution >= 0.6 is 0 Å². The van der Waals surface area contributed by atoms with Crippen molar-refractivity contribution in [3.63, 3.8) is 0 Å². The van der Waals surface area contributed by atoms with Crippen molar-refractivity contribution >= 4 is 13.3 Å². The maximum atomic E-state index is 5.96. The molecule has 56 valence electrons. The molecule has 0 amide bonds. The molecule has 1 saturated carbocycles. The fourth-order valence-electron chi connectivity index (χ4n) is 1.15. The standard InChI is InChI=1S/C8H11BN2/c9-6-1-2-7(11-5-6)8(10)3-4-8/h1-2,5H,3-4,9-10H2. The first-order valence-electron chi connectivity index (χ1n) is 3.93. The summed E-state index contributed by atoms with van der Waals surface area (Å²) in [5.41, 5.74) is 8.12. The van der Waals surface area contributed by atoms with Gasteiger partial charge in [-0.2, -0.15) is 0 Å². The quantitative estimate of drug-likeness (QED) is 0.531.